The highest BCUT2D eigenvalue weighted by Crippen LogP contribution is 2.31. The van der Waals surface area contributed by atoms with Crippen LogP contribution in [0.15, 0.2) is 53.2 Å². The van der Waals surface area contributed by atoms with Crippen LogP contribution < -0.4 is 10.2 Å². The Morgan fingerprint density at radius 1 is 1.04 bits per heavy atom. The molecule has 3 rings (SSSR count). The summed E-state index contributed by atoms with van der Waals surface area (Å²) in [6.07, 6.45) is 0. The number of nitrogens with zero attached hydrogens (tertiary/aromatic N) is 1. The number of carboxylic acids is 1. The van der Waals surface area contributed by atoms with Crippen molar-refractivity contribution in [1.29, 1.82) is 0 Å². The molecule has 2 amide bonds. The lowest BCUT2D eigenvalue weighted by Crippen LogP contribution is -2.32. The molecule has 0 unspecified atom stereocenters. The first-order chi connectivity index (χ1) is 12.3. The van der Waals surface area contributed by atoms with Crippen LogP contribution in [-0.4, -0.2) is 22.9 Å². The Bertz CT molecular complexity index is 981. The molecular formula is C19H15ClN2O4. The summed E-state index contributed by atoms with van der Waals surface area (Å²) in [5.74, 6) is -2.32. The minimum Gasteiger partial charge on any atom is -0.478 e. The normalized spacial score (nSPS) is 14.2. The zero-order valence-corrected chi connectivity index (χ0v) is 14.8. The number of aromatic carboxylic acids is 1. The molecule has 0 aliphatic carbocycles. The van der Waals surface area contributed by atoms with Gasteiger partial charge in [0.1, 0.15) is 10.7 Å². The lowest BCUT2D eigenvalue weighted by Gasteiger charge is -2.16. The van der Waals surface area contributed by atoms with Gasteiger partial charge in [0.05, 0.1) is 11.3 Å². The summed E-state index contributed by atoms with van der Waals surface area (Å²) in [5.41, 5.74) is 2.72. The molecule has 1 aliphatic heterocycles. The first-order valence-corrected chi connectivity index (χ1v) is 8.13. The molecular weight excluding hydrogens is 356 g/mol. The molecule has 2 aromatic carbocycles. The first kappa shape index (κ1) is 17.7. The fourth-order valence-electron chi connectivity index (χ4n) is 2.58. The Balaban J connectivity index is 1.93. The minimum atomic E-state index is -1.10. The van der Waals surface area contributed by atoms with Gasteiger partial charge in [0.15, 0.2) is 0 Å². The van der Waals surface area contributed by atoms with E-state index in [1.807, 2.05) is 19.9 Å². The van der Waals surface area contributed by atoms with Crippen molar-refractivity contribution in [3.8, 4) is 0 Å². The second kappa shape index (κ2) is 6.65. The molecule has 0 saturated heterocycles. The van der Waals surface area contributed by atoms with Gasteiger partial charge in [-0.3, -0.25) is 9.59 Å². The highest BCUT2D eigenvalue weighted by molar-refractivity contribution is 6.53. The number of nitrogens with one attached hydrogen (secondary N) is 1. The summed E-state index contributed by atoms with van der Waals surface area (Å²) in [6, 6.07) is 11.1. The predicted octanol–water partition coefficient (Wildman–Crippen LogP) is 3.44. The van der Waals surface area contributed by atoms with Crippen LogP contribution in [0.25, 0.3) is 0 Å². The molecule has 0 radical (unpaired) electrons. The maximum absolute atomic E-state index is 12.7. The molecule has 2 N–H and O–H groups in total. The number of halogens is 1. The number of amides is 2. The molecule has 1 heterocycles. The molecule has 7 heteroatoms. The molecule has 0 atom stereocenters. The van der Waals surface area contributed by atoms with E-state index in [1.54, 1.807) is 18.2 Å². The number of carboxylic acid groups (broad SMARTS) is 1. The molecule has 0 fully saturated rings. The van der Waals surface area contributed by atoms with Crippen LogP contribution >= 0.6 is 11.6 Å². The van der Waals surface area contributed by atoms with Crippen molar-refractivity contribution < 1.29 is 19.5 Å². The molecule has 6 nitrogen and oxygen atoms in total. The van der Waals surface area contributed by atoms with Crippen LogP contribution in [0.1, 0.15) is 21.5 Å². The average molecular weight is 371 g/mol. The molecule has 2 aromatic rings. The van der Waals surface area contributed by atoms with Gasteiger partial charge in [-0.05, 0) is 55.3 Å². The van der Waals surface area contributed by atoms with Crippen molar-refractivity contribution in [1.82, 2.24) is 0 Å². The van der Waals surface area contributed by atoms with E-state index >= 15 is 0 Å². The van der Waals surface area contributed by atoms with Crippen LogP contribution in [-0.2, 0) is 9.59 Å². The quantitative estimate of drug-likeness (QED) is 0.805. The molecule has 1 aliphatic rings. The van der Waals surface area contributed by atoms with E-state index in [9.17, 15) is 14.4 Å². The number of hydrogen-bond acceptors (Lipinski definition) is 4. The van der Waals surface area contributed by atoms with Gasteiger partial charge in [-0.15, -0.1) is 0 Å². The number of anilines is 2. The van der Waals surface area contributed by atoms with Gasteiger partial charge >= 0.3 is 5.97 Å². The Morgan fingerprint density at radius 2 is 1.77 bits per heavy atom. The molecule has 0 spiro atoms. The van der Waals surface area contributed by atoms with Crippen molar-refractivity contribution in [3.05, 3.63) is 69.9 Å². The fourth-order valence-corrected chi connectivity index (χ4v) is 2.80. The molecule has 0 aromatic heterocycles. The standard InChI is InChI=1S/C19H15ClN2O4/c1-10-6-7-14(8-11(10)2)22-17(23)15(20)16(18(22)24)21-13-5-3-4-12(9-13)19(25)26/h3-9,21H,1-2H3,(H,25,26). The van der Waals surface area contributed by atoms with Crippen LogP contribution in [0.3, 0.4) is 0 Å². The summed E-state index contributed by atoms with van der Waals surface area (Å²) in [6.45, 7) is 3.82. The zero-order valence-electron chi connectivity index (χ0n) is 14.0. The third-order valence-electron chi connectivity index (χ3n) is 4.15. The number of rotatable bonds is 4. The van der Waals surface area contributed by atoms with Crippen LogP contribution in [0.5, 0.6) is 0 Å². The second-order valence-corrected chi connectivity index (χ2v) is 6.29. The molecule has 0 saturated carbocycles. The Hall–Kier alpha value is -3.12. The molecule has 132 valence electrons. The second-order valence-electron chi connectivity index (χ2n) is 5.91. The number of carbonyl (C=O) groups excluding carboxylic acids is 2. The summed E-state index contributed by atoms with van der Waals surface area (Å²) in [5, 5.41) is 11.6. The summed E-state index contributed by atoms with van der Waals surface area (Å²) in [7, 11) is 0. The van der Waals surface area contributed by atoms with Gasteiger partial charge in [0.25, 0.3) is 11.8 Å². The van der Waals surface area contributed by atoms with Gasteiger partial charge in [-0.25, -0.2) is 9.69 Å². The van der Waals surface area contributed by atoms with E-state index in [4.69, 9.17) is 16.7 Å². The number of carbonyl (C=O) groups is 3. The number of imide groups is 1. The topological polar surface area (TPSA) is 86.7 Å². The van der Waals surface area contributed by atoms with Gasteiger partial charge < -0.3 is 10.4 Å². The van der Waals surface area contributed by atoms with Crippen molar-refractivity contribution in [3.63, 3.8) is 0 Å². The third-order valence-corrected chi connectivity index (χ3v) is 4.51. The van der Waals surface area contributed by atoms with Gasteiger partial charge in [-0.1, -0.05) is 23.7 Å². The Labute approximate surface area is 154 Å². The summed E-state index contributed by atoms with van der Waals surface area (Å²) >= 11 is 6.08. The van der Waals surface area contributed by atoms with Gasteiger partial charge in [0.2, 0.25) is 0 Å². The van der Waals surface area contributed by atoms with E-state index in [0.29, 0.717) is 11.4 Å². The van der Waals surface area contributed by atoms with Gasteiger partial charge in [-0.2, -0.15) is 0 Å². The fraction of sp³-hybridized carbons (Fsp3) is 0.105. The Morgan fingerprint density at radius 3 is 2.42 bits per heavy atom. The number of hydrogen-bond donors (Lipinski definition) is 2. The van der Waals surface area contributed by atoms with Crippen LogP contribution in [0.2, 0.25) is 0 Å². The summed E-state index contributed by atoms with van der Waals surface area (Å²) < 4.78 is 0. The van der Waals surface area contributed by atoms with E-state index in [1.165, 1.54) is 18.2 Å². The van der Waals surface area contributed by atoms with Crippen molar-refractivity contribution in [2.45, 2.75) is 13.8 Å². The van der Waals surface area contributed by atoms with E-state index in [0.717, 1.165) is 16.0 Å². The number of benzene rings is 2. The molecule has 26 heavy (non-hydrogen) atoms. The first-order valence-electron chi connectivity index (χ1n) is 7.76. The smallest absolute Gasteiger partial charge is 0.335 e. The zero-order chi connectivity index (χ0) is 19.0. The lowest BCUT2D eigenvalue weighted by atomic mass is 10.1. The Kier molecular flexibility index (Phi) is 4.52. The van der Waals surface area contributed by atoms with Crippen molar-refractivity contribution in [2.24, 2.45) is 0 Å². The SMILES string of the molecule is Cc1ccc(N2C(=O)C(Cl)=C(Nc3cccc(C(=O)O)c3)C2=O)cc1C. The number of aryl methyl sites for hydroxylation is 2. The maximum atomic E-state index is 12.7. The molecule has 0 bridgehead atoms. The summed E-state index contributed by atoms with van der Waals surface area (Å²) in [4.78, 5) is 37.3. The monoisotopic (exact) mass is 370 g/mol. The van der Waals surface area contributed by atoms with Crippen molar-refractivity contribution >= 4 is 40.8 Å². The third kappa shape index (κ3) is 3.07. The van der Waals surface area contributed by atoms with E-state index in [-0.39, 0.29) is 16.3 Å². The minimum absolute atomic E-state index is 0.0505. The average Bonchev–Trinajstić information content (AvgIpc) is 2.81. The van der Waals surface area contributed by atoms with Crippen molar-refractivity contribution in [2.75, 3.05) is 10.2 Å². The van der Waals surface area contributed by atoms with E-state index in [2.05, 4.69) is 5.32 Å². The lowest BCUT2D eigenvalue weighted by molar-refractivity contribution is -0.120. The highest BCUT2D eigenvalue weighted by Gasteiger charge is 2.39. The van der Waals surface area contributed by atoms with E-state index < -0.39 is 17.8 Å². The maximum Gasteiger partial charge on any atom is 0.335 e. The van der Waals surface area contributed by atoms with Gasteiger partial charge in [0, 0.05) is 5.69 Å². The highest BCUT2D eigenvalue weighted by atomic mass is 35.5. The van der Waals surface area contributed by atoms with Crippen LogP contribution in [0.4, 0.5) is 11.4 Å². The largest absolute Gasteiger partial charge is 0.478 e. The van der Waals surface area contributed by atoms with Crippen LogP contribution in [0, 0.1) is 13.8 Å². The predicted molar refractivity (Wildman–Crippen MR) is 98.3 cm³/mol.